The van der Waals surface area contributed by atoms with Gasteiger partial charge in [0.25, 0.3) is 0 Å². The number of nitrogens with zero attached hydrogens (tertiary/aromatic N) is 2. The quantitative estimate of drug-likeness (QED) is 0.798. The van der Waals surface area contributed by atoms with Crippen molar-refractivity contribution in [2.45, 2.75) is 26.3 Å². The largest absolute Gasteiger partial charge is 0.368 e. The van der Waals surface area contributed by atoms with Gasteiger partial charge < -0.3 is 4.90 Å². The summed E-state index contributed by atoms with van der Waals surface area (Å²) in [5, 5.41) is 0. The Labute approximate surface area is 123 Å². The van der Waals surface area contributed by atoms with E-state index in [1.807, 2.05) is 12.1 Å². The Morgan fingerprint density at radius 1 is 1.42 bits per heavy atom. The fourth-order valence-corrected chi connectivity index (χ4v) is 3.03. The molecule has 0 radical (unpaired) electrons. The number of hydrogen-bond acceptors (Lipinski definition) is 3. The summed E-state index contributed by atoms with van der Waals surface area (Å²) in [5.41, 5.74) is 1.89. The van der Waals surface area contributed by atoms with Crippen LogP contribution in [0.4, 0.5) is 5.69 Å². The summed E-state index contributed by atoms with van der Waals surface area (Å²) in [5.74, 6) is 0.128. The normalized spacial score (nSPS) is 20.6. The first kappa shape index (κ1) is 14.5. The van der Waals surface area contributed by atoms with E-state index in [-0.39, 0.29) is 5.78 Å². The van der Waals surface area contributed by atoms with Gasteiger partial charge in [0.15, 0.2) is 5.78 Å². The van der Waals surface area contributed by atoms with Crippen LogP contribution in [0.5, 0.6) is 0 Å². The molecule has 0 spiro atoms. The van der Waals surface area contributed by atoms with Gasteiger partial charge in [0.05, 0.1) is 0 Å². The SMILES string of the molecule is CCC1CN(c2ccc(Br)cc2C(C)=O)CCN1C. The van der Waals surface area contributed by atoms with E-state index in [2.05, 4.69) is 45.8 Å². The molecule has 0 bridgehead atoms. The summed E-state index contributed by atoms with van der Waals surface area (Å²) in [6, 6.07) is 6.56. The number of benzene rings is 1. The van der Waals surface area contributed by atoms with E-state index >= 15 is 0 Å². The highest BCUT2D eigenvalue weighted by atomic mass is 79.9. The Morgan fingerprint density at radius 3 is 2.79 bits per heavy atom. The molecule has 1 fully saturated rings. The van der Waals surface area contributed by atoms with Crippen LogP contribution in [0.3, 0.4) is 0 Å². The van der Waals surface area contributed by atoms with Gasteiger partial charge in [-0.3, -0.25) is 9.69 Å². The molecular formula is C15H21BrN2O. The first-order valence-electron chi connectivity index (χ1n) is 6.78. The third-order valence-electron chi connectivity index (χ3n) is 3.93. The van der Waals surface area contributed by atoms with Gasteiger partial charge >= 0.3 is 0 Å². The lowest BCUT2D eigenvalue weighted by Gasteiger charge is -2.40. The maximum atomic E-state index is 11.8. The Kier molecular flexibility index (Phi) is 4.63. The summed E-state index contributed by atoms with van der Waals surface area (Å²) in [6.45, 7) is 6.88. The molecule has 104 valence electrons. The highest BCUT2D eigenvalue weighted by molar-refractivity contribution is 9.10. The van der Waals surface area contributed by atoms with E-state index in [9.17, 15) is 4.79 Å². The average molecular weight is 325 g/mol. The topological polar surface area (TPSA) is 23.6 Å². The number of likely N-dealkylation sites (N-methyl/N-ethyl adjacent to an activating group) is 1. The number of Topliss-reactive ketones (excluding diaryl/α,β-unsaturated/α-hetero) is 1. The molecular weight excluding hydrogens is 304 g/mol. The van der Waals surface area contributed by atoms with Crippen molar-refractivity contribution in [2.75, 3.05) is 31.6 Å². The van der Waals surface area contributed by atoms with E-state index in [1.54, 1.807) is 6.92 Å². The van der Waals surface area contributed by atoms with Gasteiger partial charge in [0.2, 0.25) is 0 Å². The molecule has 1 aromatic carbocycles. The molecule has 1 heterocycles. The molecule has 3 nitrogen and oxygen atoms in total. The Morgan fingerprint density at radius 2 is 2.16 bits per heavy atom. The fraction of sp³-hybridized carbons (Fsp3) is 0.533. The zero-order valence-electron chi connectivity index (χ0n) is 11.8. The lowest BCUT2D eigenvalue weighted by Crippen LogP contribution is -2.51. The van der Waals surface area contributed by atoms with Crippen LogP contribution in [-0.2, 0) is 0 Å². The maximum Gasteiger partial charge on any atom is 0.161 e. The zero-order chi connectivity index (χ0) is 14.0. The zero-order valence-corrected chi connectivity index (χ0v) is 13.4. The van der Waals surface area contributed by atoms with Crippen LogP contribution in [0.1, 0.15) is 30.6 Å². The van der Waals surface area contributed by atoms with Crippen LogP contribution in [0.2, 0.25) is 0 Å². The fourth-order valence-electron chi connectivity index (χ4n) is 2.67. The molecule has 1 aliphatic heterocycles. The molecule has 19 heavy (non-hydrogen) atoms. The highest BCUT2D eigenvalue weighted by Crippen LogP contribution is 2.27. The number of hydrogen-bond donors (Lipinski definition) is 0. The van der Waals surface area contributed by atoms with Crippen LogP contribution >= 0.6 is 15.9 Å². The van der Waals surface area contributed by atoms with Crippen molar-refractivity contribution < 1.29 is 4.79 Å². The van der Waals surface area contributed by atoms with Gasteiger partial charge in [-0.05, 0) is 38.6 Å². The molecule has 1 unspecified atom stereocenters. The molecule has 0 saturated carbocycles. The van der Waals surface area contributed by atoms with Gasteiger partial charge in [0, 0.05) is 41.4 Å². The first-order valence-corrected chi connectivity index (χ1v) is 7.58. The highest BCUT2D eigenvalue weighted by Gasteiger charge is 2.25. The van der Waals surface area contributed by atoms with Gasteiger partial charge in [-0.2, -0.15) is 0 Å². The van der Waals surface area contributed by atoms with Crippen LogP contribution < -0.4 is 4.90 Å². The second-order valence-electron chi connectivity index (χ2n) is 5.21. The Bertz CT molecular complexity index is 475. The third kappa shape index (κ3) is 3.18. The van der Waals surface area contributed by atoms with Crippen molar-refractivity contribution in [3.63, 3.8) is 0 Å². The molecule has 1 saturated heterocycles. The summed E-state index contributed by atoms with van der Waals surface area (Å²) >= 11 is 3.44. The number of carbonyl (C=O) groups excluding carboxylic acids is 1. The predicted octanol–water partition coefficient (Wildman–Crippen LogP) is 3.18. The molecule has 0 amide bonds. The predicted molar refractivity (Wildman–Crippen MR) is 83.1 cm³/mol. The Hall–Kier alpha value is -0.870. The van der Waals surface area contributed by atoms with E-state index in [0.717, 1.165) is 41.8 Å². The molecule has 4 heteroatoms. The lowest BCUT2D eigenvalue weighted by atomic mass is 10.1. The number of rotatable bonds is 3. The lowest BCUT2D eigenvalue weighted by molar-refractivity contribution is 0.101. The summed E-state index contributed by atoms with van der Waals surface area (Å²) in [7, 11) is 2.18. The maximum absolute atomic E-state index is 11.8. The van der Waals surface area contributed by atoms with Crippen LogP contribution in [-0.4, -0.2) is 43.4 Å². The number of ketones is 1. The second kappa shape index (κ2) is 6.06. The van der Waals surface area contributed by atoms with E-state index < -0.39 is 0 Å². The number of anilines is 1. The average Bonchev–Trinajstić information content (AvgIpc) is 2.39. The molecule has 0 aromatic heterocycles. The van der Waals surface area contributed by atoms with Crippen molar-refractivity contribution in [3.8, 4) is 0 Å². The summed E-state index contributed by atoms with van der Waals surface area (Å²) < 4.78 is 0.961. The number of piperazine rings is 1. The molecule has 2 rings (SSSR count). The van der Waals surface area contributed by atoms with Gasteiger partial charge in [0.1, 0.15) is 0 Å². The van der Waals surface area contributed by atoms with Crippen LogP contribution in [0, 0.1) is 0 Å². The molecule has 1 aliphatic rings. The minimum atomic E-state index is 0.128. The Balaban J connectivity index is 2.29. The van der Waals surface area contributed by atoms with Crippen molar-refractivity contribution in [2.24, 2.45) is 0 Å². The summed E-state index contributed by atoms with van der Waals surface area (Å²) in [6.07, 6.45) is 1.14. The van der Waals surface area contributed by atoms with Crippen molar-refractivity contribution in [3.05, 3.63) is 28.2 Å². The number of halogens is 1. The summed E-state index contributed by atoms with van der Waals surface area (Å²) in [4.78, 5) is 16.6. The minimum Gasteiger partial charge on any atom is -0.368 e. The van der Waals surface area contributed by atoms with Gasteiger partial charge in [-0.1, -0.05) is 22.9 Å². The van der Waals surface area contributed by atoms with Crippen LogP contribution in [0.25, 0.3) is 0 Å². The third-order valence-corrected chi connectivity index (χ3v) is 4.42. The monoisotopic (exact) mass is 324 g/mol. The molecule has 0 N–H and O–H groups in total. The van der Waals surface area contributed by atoms with Crippen LogP contribution in [0.15, 0.2) is 22.7 Å². The van der Waals surface area contributed by atoms with Crippen molar-refractivity contribution >= 4 is 27.4 Å². The van der Waals surface area contributed by atoms with Gasteiger partial charge in [-0.25, -0.2) is 0 Å². The minimum absolute atomic E-state index is 0.128. The molecule has 0 aliphatic carbocycles. The molecule has 1 atom stereocenters. The van der Waals surface area contributed by atoms with E-state index in [0.29, 0.717) is 6.04 Å². The van der Waals surface area contributed by atoms with Crippen molar-refractivity contribution in [1.29, 1.82) is 0 Å². The molecule has 1 aromatic rings. The second-order valence-corrected chi connectivity index (χ2v) is 6.12. The standard InChI is InChI=1S/C15H21BrN2O/c1-4-13-10-18(8-7-17(13)3)15-6-5-12(16)9-14(15)11(2)19/h5-6,9,13H,4,7-8,10H2,1-3H3. The smallest absolute Gasteiger partial charge is 0.161 e. The number of carbonyl (C=O) groups is 1. The first-order chi connectivity index (χ1) is 9.02. The van der Waals surface area contributed by atoms with Gasteiger partial charge in [-0.15, -0.1) is 0 Å². The van der Waals surface area contributed by atoms with E-state index in [4.69, 9.17) is 0 Å². The van der Waals surface area contributed by atoms with Crippen molar-refractivity contribution in [1.82, 2.24) is 4.90 Å². The van der Waals surface area contributed by atoms with E-state index in [1.165, 1.54) is 0 Å².